The van der Waals surface area contributed by atoms with Crippen LogP contribution < -0.4 is 4.74 Å². The van der Waals surface area contributed by atoms with Crippen LogP contribution in [-0.4, -0.2) is 11.3 Å². The van der Waals surface area contributed by atoms with E-state index in [4.69, 9.17) is 16.3 Å². The standard InChI is InChI=1S/C11H13ClO2/c1-7-4-5-8(2)10(6-7)14-9(3)11(12)13/h4-6,9H,1-3H3/t9-/m0/s1. The highest BCUT2D eigenvalue weighted by atomic mass is 35.5. The second-order valence-corrected chi connectivity index (χ2v) is 3.71. The summed E-state index contributed by atoms with van der Waals surface area (Å²) in [5, 5.41) is -0.481. The zero-order valence-corrected chi connectivity index (χ0v) is 9.26. The molecule has 76 valence electrons. The maximum Gasteiger partial charge on any atom is 0.262 e. The molecule has 0 aliphatic heterocycles. The minimum atomic E-state index is -0.600. The normalized spacial score (nSPS) is 12.3. The number of carbonyl (C=O) groups is 1. The van der Waals surface area contributed by atoms with Crippen molar-refractivity contribution in [1.29, 1.82) is 0 Å². The van der Waals surface area contributed by atoms with Crippen LogP contribution >= 0.6 is 11.6 Å². The van der Waals surface area contributed by atoms with E-state index in [1.165, 1.54) is 0 Å². The molecule has 1 atom stereocenters. The Balaban J connectivity index is 2.85. The predicted molar refractivity (Wildman–Crippen MR) is 56.9 cm³/mol. The number of benzene rings is 1. The molecule has 0 aliphatic carbocycles. The monoisotopic (exact) mass is 212 g/mol. The highest BCUT2D eigenvalue weighted by molar-refractivity contribution is 6.64. The molecule has 0 aromatic heterocycles. The topological polar surface area (TPSA) is 26.3 Å². The summed E-state index contributed by atoms with van der Waals surface area (Å²) < 4.78 is 5.41. The molecule has 0 heterocycles. The van der Waals surface area contributed by atoms with Gasteiger partial charge in [0.05, 0.1) is 0 Å². The fourth-order valence-corrected chi connectivity index (χ4v) is 1.12. The van der Waals surface area contributed by atoms with Crippen molar-refractivity contribution < 1.29 is 9.53 Å². The number of hydrogen-bond acceptors (Lipinski definition) is 2. The average molecular weight is 213 g/mol. The molecule has 3 heteroatoms. The molecular formula is C11H13ClO2. The summed E-state index contributed by atoms with van der Waals surface area (Å²) in [5.41, 5.74) is 2.10. The van der Waals surface area contributed by atoms with Crippen molar-refractivity contribution in [1.82, 2.24) is 0 Å². The van der Waals surface area contributed by atoms with E-state index in [0.717, 1.165) is 11.1 Å². The van der Waals surface area contributed by atoms with E-state index in [9.17, 15) is 4.79 Å². The van der Waals surface area contributed by atoms with E-state index in [0.29, 0.717) is 5.75 Å². The van der Waals surface area contributed by atoms with Crippen LogP contribution in [0.2, 0.25) is 0 Å². The van der Waals surface area contributed by atoms with Crippen molar-refractivity contribution in [3.05, 3.63) is 29.3 Å². The first-order valence-corrected chi connectivity index (χ1v) is 4.81. The Hall–Kier alpha value is -1.02. The van der Waals surface area contributed by atoms with Gasteiger partial charge in [0.1, 0.15) is 5.75 Å². The smallest absolute Gasteiger partial charge is 0.262 e. The minimum Gasteiger partial charge on any atom is -0.481 e. The second kappa shape index (κ2) is 4.47. The molecule has 1 aromatic rings. The summed E-state index contributed by atoms with van der Waals surface area (Å²) in [6.45, 7) is 5.54. The van der Waals surface area contributed by atoms with Crippen LogP contribution in [0.15, 0.2) is 18.2 Å². The zero-order chi connectivity index (χ0) is 10.7. The Morgan fingerprint density at radius 3 is 2.64 bits per heavy atom. The van der Waals surface area contributed by atoms with Gasteiger partial charge in [0, 0.05) is 0 Å². The van der Waals surface area contributed by atoms with Gasteiger partial charge >= 0.3 is 0 Å². The summed E-state index contributed by atoms with van der Waals surface area (Å²) in [6.07, 6.45) is -0.600. The van der Waals surface area contributed by atoms with Crippen LogP contribution in [0.3, 0.4) is 0 Å². The van der Waals surface area contributed by atoms with Gasteiger partial charge in [-0.1, -0.05) is 12.1 Å². The third-order valence-corrected chi connectivity index (χ3v) is 2.27. The Morgan fingerprint density at radius 1 is 1.43 bits per heavy atom. The van der Waals surface area contributed by atoms with Crippen LogP contribution in [-0.2, 0) is 4.79 Å². The maximum absolute atomic E-state index is 10.8. The Bertz CT molecular complexity index is 347. The Kier molecular flexibility index (Phi) is 3.53. The largest absolute Gasteiger partial charge is 0.481 e. The lowest BCUT2D eigenvalue weighted by atomic mass is 10.1. The molecule has 0 amide bonds. The van der Waals surface area contributed by atoms with Gasteiger partial charge in [-0.25, -0.2) is 0 Å². The van der Waals surface area contributed by atoms with Crippen LogP contribution in [0.25, 0.3) is 0 Å². The number of halogens is 1. The molecule has 1 aromatic carbocycles. The predicted octanol–water partition coefficient (Wildman–Crippen LogP) is 2.84. The first kappa shape index (κ1) is 11.1. The quantitative estimate of drug-likeness (QED) is 0.721. The van der Waals surface area contributed by atoms with E-state index >= 15 is 0 Å². The molecule has 0 spiro atoms. The van der Waals surface area contributed by atoms with Crippen molar-refractivity contribution in [3.63, 3.8) is 0 Å². The van der Waals surface area contributed by atoms with Crippen LogP contribution in [0.4, 0.5) is 0 Å². The molecule has 0 unspecified atom stereocenters. The SMILES string of the molecule is Cc1ccc(C)c(O[C@@H](C)C(=O)Cl)c1. The lowest BCUT2D eigenvalue weighted by Crippen LogP contribution is -2.19. The number of aryl methyl sites for hydroxylation is 2. The Labute approximate surface area is 88.8 Å². The first-order valence-electron chi connectivity index (χ1n) is 4.44. The molecule has 14 heavy (non-hydrogen) atoms. The lowest BCUT2D eigenvalue weighted by molar-refractivity contribution is -0.117. The summed E-state index contributed by atoms with van der Waals surface area (Å²) >= 11 is 5.31. The minimum absolute atomic E-state index is 0.481. The summed E-state index contributed by atoms with van der Waals surface area (Å²) in [5.74, 6) is 0.714. The molecule has 1 rings (SSSR count). The summed E-state index contributed by atoms with van der Waals surface area (Å²) in [4.78, 5) is 10.8. The lowest BCUT2D eigenvalue weighted by Gasteiger charge is -2.13. The number of hydrogen-bond donors (Lipinski definition) is 0. The zero-order valence-electron chi connectivity index (χ0n) is 8.50. The van der Waals surface area contributed by atoms with Gasteiger partial charge in [0.25, 0.3) is 5.24 Å². The van der Waals surface area contributed by atoms with Crippen molar-refractivity contribution in [2.24, 2.45) is 0 Å². The van der Waals surface area contributed by atoms with Gasteiger partial charge in [-0.2, -0.15) is 0 Å². The van der Waals surface area contributed by atoms with Gasteiger partial charge in [-0.3, -0.25) is 4.79 Å². The maximum atomic E-state index is 10.8. The van der Waals surface area contributed by atoms with Gasteiger partial charge < -0.3 is 4.74 Å². The van der Waals surface area contributed by atoms with E-state index < -0.39 is 11.3 Å². The number of rotatable bonds is 3. The van der Waals surface area contributed by atoms with Crippen molar-refractivity contribution in [2.75, 3.05) is 0 Å². The molecule has 0 fully saturated rings. The van der Waals surface area contributed by atoms with E-state index in [1.807, 2.05) is 32.0 Å². The molecule has 0 radical (unpaired) electrons. The molecule has 0 saturated heterocycles. The third-order valence-electron chi connectivity index (χ3n) is 1.97. The van der Waals surface area contributed by atoms with Crippen LogP contribution in [0, 0.1) is 13.8 Å². The average Bonchev–Trinajstić information content (AvgIpc) is 2.11. The second-order valence-electron chi connectivity index (χ2n) is 3.33. The molecule has 0 N–H and O–H groups in total. The third kappa shape index (κ3) is 2.74. The molecular weight excluding hydrogens is 200 g/mol. The molecule has 0 aliphatic rings. The molecule has 0 saturated carbocycles. The van der Waals surface area contributed by atoms with Gasteiger partial charge in [0.2, 0.25) is 0 Å². The molecule has 2 nitrogen and oxygen atoms in total. The van der Waals surface area contributed by atoms with Crippen molar-refractivity contribution >= 4 is 16.8 Å². The van der Waals surface area contributed by atoms with Gasteiger partial charge in [0.15, 0.2) is 6.10 Å². The van der Waals surface area contributed by atoms with Crippen LogP contribution in [0.1, 0.15) is 18.1 Å². The fourth-order valence-electron chi connectivity index (χ4n) is 1.07. The van der Waals surface area contributed by atoms with Crippen LogP contribution in [0.5, 0.6) is 5.75 Å². The highest BCUT2D eigenvalue weighted by Crippen LogP contribution is 2.20. The fraction of sp³-hybridized carbons (Fsp3) is 0.364. The number of ether oxygens (including phenoxy) is 1. The molecule has 0 bridgehead atoms. The van der Waals surface area contributed by atoms with E-state index in [1.54, 1.807) is 6.92 Å². The number of carbonyl (C=O) groups excluding carboxylic acids is 1. The van der Waals surface area contributed by atoms with Gasteiger partial charge in [-0.05, 0) is 49.6 Å². The summed E-state index contributed by atoms with van der Waals surface area (Å²) in [6, 6.07) is 5.84. The van der Waals surface area contributed by atoms with Crippen molar-refractivity contribution in [2.45, 2.75) is 26.9 Å². The van der Waals surface area contributed by atoms with E-state index in [2.05, 4.69) is 0 Å². The van der Waals surface area contributed by atoms with Crippen molar-refractivity contribution in [3.8, 4) is 5.75 Å². The highest BCUT2D eigenvalue weighted by Gasteiger charge is 2.12. The summed E-state index contributed by atoms with van der Waals surface area (Å²) in [7, 11) is 0. The van der Waals surface area contributed by atoms with E-state index in [-0.39, 0.29) is 0 Å². The Morgan fingerprint density at radius 2 is 2.07 bits per heavy atom. The first-order chi connectivity index (χ1) is 6.50. The van der Waals surface area contributed by atoms with Gasteiger partial charge in [-0.15, -0.1) is 0 Å².